The SMILES string of the molecule is CCCN(CC)CCNC1CCCN(C(=O)OC(C)(C)C)C1. The third-order valence-electron chi connectivity index (χ3n) is 3.92. The number of nitrogens with zero attached hydrogens (tertiary/aromatic N) is 2. The maximum absolute atomic E-state index is 12.1. The van der Waals surface area contributed by atoms with Gasteiger partial charge in [-0.2, -0.15) is 0 Å². The minimum atomic E-state index is -0.417. The van der Waals surface area contributed by atoms with Crippen LogP contribution in [0.5, 0.6) is 0 Å². The van der Waals surface area contributed by atoms with Crippen LogP contribution in [0.4, 0.5) is 4.79 Å². The first kappa shape index (κ1) is 19.2. The Morgan fingerprint density at radius 3 is 2.64 bits per heavy atom. The number of piperidine rings is 1. The van der Waals surface area contributed by atoms with Gasteiger partial charge in [0, 0.05) is 32.2 Å². The highest BCUT2D eigenvalue weighted by molar-refractivity contribution is 5.68. The Hall–Kier alpha value is -0.810. The van der Waals surface area contributed by atoms with Crippen molar-refractivity contribution in [3.63, 3.8) is 0 Å². The molecule has 0 radical (unpaired) electrons. The molecule has 1 aliphatic heterocycles. The van der Waals surface area contributed by atoms with Crippen molar-refractivity contribution in [3.8, 4) is 0 Å². The highest BCUT2D eigenvalue weighted by atomic mass is 16.6. The van der Waals surface area contributed by atoms with Crippen LogP contribution in [0, 0.1) is 0 Å². The Morgan fingerprint density at radius 1 is 1.32 bits per heavy atom. The van der Waals surface area contributed by atoms with E-state index in [2.05, 4.69) is 24.1 Å². The largest absolute Gasteiger partial charge is 0.444 e. The number of rotatable bonds is 7. The summed E-state index contributed by atoms with van der Waals surface area (Å²) in [6.45, 7) is 16.1. The molecular weight excluding hydrogens is 278 g/mol. The van der Waals surface area contributed by atoms with Crippen LogP contribution in [0.2, 0.25) is 0 Å². The molecule has 1 heterocycles. The van der Waals surface area contributed by atoms with E-state index >= 15 is 0 Å². The molecule has 5 nitrogen and oxygen atoms in total. The van der Waals surface area contributed by atoms with Gasteiger partial charge in [0.25, 0.3) is 0 Å². The lowest BCUT2D eigenvalue weighted by Gasteiger charge is -2.34. The number of likely N-dealkylation sites (N-methyl/N-ethyl adjacent to an activating group) is 1. The number of carbonyl (C=O) groups is 1. The molecule has 1 aliphatic rings. The minimum absolute atomic E-state index is 0.180. The Morgan fingerprint density at radius 2 is 2.05 bits per heavy atom. The molecule has 1 N–H and O–H groups in total. The first-order chi connectivity index (χ1) is 10.4. The first-order valence-corrected chi connectivity index (χ1v) is 8.79. The fourth-order valence-corrected chi connectivity index (χ4v) is 2.81. The van der Waals surface area contributed by atoms with Crippen molar-refractivity contribution >= 4 is 6.09 Å². The second-order valence-electron chi connectivity index (χ2n) is 7.15. The summed E-state index contributed by atoms with van der Waals surface area (Å²) in [5.41, 5.74) is -0.417. The summed E-state index contributed by atoms with van der Waals surface area (Å²) in [5.74, 6) is 0. The summed E-state index contributed by atoms with van der Waals surface area (Å²) >= 11 is 0. The van der Waals surface area contributed by atoms with Crippen LogP contribution in [0.25, 0.3) is 0 Å². The minimum Gasteiger partial charge on any atom is -0.444 e. The monoisotopic (exact) mass is 313 g/mol. The van der Waals surface area contributed by atoms with Crippen molar-refractivity contribution in [2.24, 2.45) is 0 Å². The summed E-state index contributed by atoms with van der Waals surface area (Å²) in [7, 11) is 0. The third kappa shape index (κ3) is 7.45. The molecule has 0 aromatic heterocycles. The van der Waals surface area contributed by atoms with E-state index < -0.39 is 5.60 Å². The van der Waals surface area contributed by atoms with Crippen LogP contribution in [-0.2, 0) is 4.74 Å². The lowest BCUT2D eigenvalue weighted by atomic mass is 10.1. The molecule has 0 aliphatic carbocycles. The van der Waals surface area contributed by atoms with Crippen molar-refractivity contribution < 1.29 is 9.53 Å². The summed E-state index contributed by atoms with van der Waals surface area (Å²) in [4.78, 5) is 16.4. The average molecular weight is 313 g/mol. The number of amides is 1. The Balaban J connectivity index is 2.32. The lowest BCUT2D eigenvalue weighted by molar-refractivity contribution is 0.0187. The molecule has 0 saturated carbocycles. The molecule has 1 unspecified atom stereocenters. The average Bonchev–Trinajstić information content (AvgIpc) is 2.45. The Bertz CT molecular complexity index is 328. The lowest BCUT2D eigenvalue weighted by Crippen LogP contribution is -2.50. The molecule has 22 heavy (non-hydrogen) atoms. The molecule has 0 spiro atoms. The van der Waals surface area contributed by atoms with Crippen molar-refractivity contribution in [1.29, 1.82) is 0 Å². The van der Waals surface area contributed by atoms with Gasteiger partial charge >= 0.3 is 6.09 Å². The van der Waals surface area contributed by atoms with Gasteiger partial charge in [0.1, 0.15) is 5.60 Å². The molecule has 0 aromatic rings. The van der Waals surface area contributed by atoms with Gasteiger partial charge in [-0.05, 0) is 53.1 Å². The number of hydrogen-bond donors (Lipinski definition) is 1. The van der Waals surface area contributed by atoms with Gasteiger partial charge in [-0.15, -0.1) is 0 Å². The highest BCUT2D eigenvalue weighted by Crippen LogP contribution is 2.15. The van der Waals surface area contributed by atoms with Crippen LogP contribution in [-0.4, -0.2) is 66.8 Å². The van der Waals surface area contributed by atoms with E-state index in [0.717, 1.165) is 52.1 Å². The normalized spacial score (nSPS) is 19.5. The number of carbonyl (C=O) groups excluding carboxylic acids is 1. The van der Waals surface area contributed by atoms with E-state index in [1.807, 2.05) is 25.7 Å². The van der Waals surface area contributed by atoms with E-state index in [4.69, 9.17) is 4.74 Å². The van der Waals surface area contributed by atoms with Crippen LogP contribution in [0.15, 0.2) is 0 Å². The third-order valence-corrected chi connectivity index (χ3v) is 3.92. The van der Waals surface area contributed by atoms with Gasteiger partial charge < -0.3 is 19.9 Å². The van der Waals surface area contributed by atoms with E-state index in [1.54, 1.807) is 0 Å². The van der Waals surface area contributed by atoms with Gasteiger partial charge in [-0.3, -0.25) is 0 Å². The smallest absolute Gasteiger partial charge is 0.410 e. The topological polar surface area (TPSA) is 44.8 Å². The van der Waals surface area contributed by atoms with E-state index in [0.29, 0.717) is 6.04 Å². The van der Waals surface area contributed by atoms with Gasteiger partial charge in [-0.25, -0.2) is 4.79 Å². The molecule has 1 atom stereocenters. The fourth-order valence-electron chi connectivity index (χ4n) is 2.81. The molecule has 1 amide bonds. The van der Waals surface area contributed by atoms with Crippen molar-refractivity contribution in [2.45, 2.75) is 65.5 Å². The van der Waals surface area contributed by atoms with Gasteiger partial charge in [0.2, 0.25) is 0 Å². The molecule has 1 saturated heterocycles. The molecule has 0 aromatic carbocycles. The van der Waals surface area contributed by atoms with Crippen molar-refractivity contribution in [3.05, 3.63) is 0 Å². The zero-order valence-electron chi connectivity index (χ0n) is 15.2. The van der Waals surface area contributed by atoms with Gasteiger partial charge in [0.05, 0.1) is 0 Å². The van der Waals surface area contributed by atoms with Crippen LogP contribution in [0.1, 0.15) is 53.9 Å². The number of hydrogen-bond acceptors (Lipinski definition) is 4. The summed E-state index contributed by atoms with van der Waals surface area (Å²) in [6.07, 6.45) is 3.20. The Kier molecular flexibility index (Phi) is 8.18. The van der Waals surface area contributed by atoms with Crippen LogP contribution in [0.3, 0.4) is 0 Å². The maximum atomic E-state index is 12.1. The second kappa shape index (κ2) is 9.36. The van der Waals surface area contributed by atoms with Gasteiger partial charge in [-0.1, -0.05) is 13.8 Å². The zero-order valence-corrected chi connectivity index (χ0v) is 15.2. The number of nitrogens with one attached hydrogen (secondary N) is 1. The van der Waals surface area contributed by atoms with Crippen LogP contribution < -0.4 is 5.32 Å². The molecular formula is C17H35N3O2. The predicted molar refractivity (Wildman–Crippen MR) is 91.2 cm³/mol. The van der Waals surface area contributed by atoms with E-state index in [1.165, 1.54) is 6.42 Å². The second-order valence-corrected chi connectivity index (χ2v) is 7.15. The van der Waals surface area contributed by atoms with Crippen molar-refractivity contribution in [2.75, 3.05) is 39.3 Å². The molecule has 1 rings (SSSR count). The zero-order chi connectivity index (χ0) is 16.6. The molecule has 130 valence electrons. The predicted octanol–water partition coefficient (Wildman–Crippen LogP) is 2.71. The molecule has 5 heteroatoms. The fraction of sp³-hybridized carbons (Fsp3) is 0.941. The maximum Gasteiger partial charge on any atom is 0.410 e. The Labute approximate surface area is 136 Å². The first-order valence-electron chi connectivity index (χ1n) is 8.79. The number of likely N-dealkylation sites (tertiary alicyclic amines) is 1. The summed E-state index contributed by atoms with van der Waals surface area (Å²) < 4.78 is 5.47. The van der Waals surface area contributed by atoms with E-state index in [9.17, 15) is 4.79 Å². The van der Waals surface area contributed by atoms with Gasteiger partial charge in [0.15, 0.2) is 0 Å². The standard InChI is InChI=1S/C17H35N3O2/c1-6-11-19(7-2)13-10-18-15-9-8-12-20(14-15)16(21)22-17(3,4)5/h15,18H,6-14H2,1-5H3. The summed E-state index contributed by atoms with van der Waals surface area (Å²) in [6, 6.07) is 0.390. The summed E-state index contributed by atoms with van der Waals surface area (Å²) in [5, 5.41) is 3.60. The number of ether oxygens (including phenoxy) is 1. The van der Waals surface area contributed by atoms with E-state index in [-0.39, 0.29) is 6.09 Å². The molecule has 1 fully saturated rings. The molecule has 0 bridgehead atoms. The highest BCUT2D eigenvalue weighted by Gasteiger charge is 2.27. The van der Waals surface area contributed by atoms with Crippen molar-refractivity contribution in [1.82, 2.24) is 15.1 Å². The van der Waals surface area contributed by atoms with Crippen LogP contribution >= 0.6 is 0 Å². The quantitative estimate of drug-likeness (QED) is 0.785.